The average molecular weight is 194 g/mol. The van der Waals surface area contributed by atoms with Crippen LogP contribution in [0.2, 0.25) is 0 Å². The van der Waals surface area contributed by atoms with Crippen LogP contribution >= 0.6 is 0 Å². The molecule has 1 aromatic rings. The van der Waals surface area contributed by atoms with Crippen molar-refractivity contribution < 1.29 is 4.39 Å². The molecule has 2 nitrogen and oxygen atoms in total. The smallest absolute Gasteiger partial charge is 0.146 e. The lowest BCUT2D eigenvalue weighted by Gasteiger charge is -2.11. The number of benzene rings is 1. The third-order valence-electron chi connectivity index (χ3n) is 2.73. The minimum atomic E-state index is -0.368. The van der Waals surface area contributed by atoms with E-state index in [2.05, 4.69) is 0 Å². The van der Waals surface area contributed by atoms with E-state index in [-0.39, 0.29) is 17.5 Å². The molecule has 0 spiro atoms. The number of rotatable bonds is 3. The van der Waals surface area contributed by atoms with Gasteiger partial charge in [-0.2, -0.15) is 0 Å². The molecule has 0 bridgehead atoms. The summed E-state index contributed by atoms with van der Waals surface area (Å²) < 4.78 is 12.9. The Morgan fingerprint density at radius 3 is 2.71 bits per heavy atom. The van der Waals surface area contributed by atoms with Crippen molar-refractivity contribution in [1.29, 1.82) is 0 Å². The quantitative estimate of drug-likeness (QED) is 0.725. The summed E-state index contributed by atoms with van der Waals surface area (Å²) in [5.41, 5.74) is 12.6. The first kappa shape index (κ1) is 9.46. The first-order chi connectivity index (χ1) is 6.66. The van der Waals surface area contributed by atoms with Crippen molar-refractivity contribution in [2.75, 3.05) is 5.73 Å². The van der Waals surface area contributed by atoms with Crippen LogP contribution in [0.1, 0.15) is 30.9 Å². The fraction of sp³-hybridized carbons (Fsp3) is 0.455. The van der Waals surface area contributed by atoms with Crippen molar-refractivity contribution in [1.82, 2.24) is 0 Å². The summed E-state index contributed by atoms with van der Waals surface area (Å²) in [5.74, 6) is 0.406. The molecule has 1 saturated carbocycles. The Hall–Kier alpha value is -1.09. The molecule has 4 N–H and O–H groups in total. The zero-order valence-electron chi connectivity index (χ0n) is 8.04. The maximum atomic E-state index is 12.9. The van der Waals surface area contributed by atoms with E-state index in [1.54, 1.807) is 12.1 Å². The van der Waals surface area contributed by atoms with Gasteiger partial charge in [0, 0.05) is 6.04 Å². The topological polar surface area (TPSA) is 52.0 Å². The van der Waals surface area contributed by atoms with Gasteiger partial charge >= 0.3 is 0 Å². The third kappa shape index (κ3) is 2.04. The molecular formula is C11H15FN2. The van der Waals surface area contributed by atoms with Crippen LogP contribution in [-0.2, 0) is 0 Å². The molecule has 14 heavy (non-hydrogen) atoms. The van der Waals surface area contributed by atoms with Crippen molar-refractivity contribution in [2.45, 2.75) is 25.3 Å². The second-order valence-corrected chi connectivity index (χ2v) is 4.07. The van der Waals surface area contributed by atoms with Gasteiger partial charge in [0.2, 0.25) is 0 Å². The second kappa shape index (κ2) is 3.58. The fourth-order valence-electron chi connectivity index (χ4n) is 1.64. The minimum Gasteiger partial charge on any atom is -0.396 e. The summed E-state index contributed by atoms with van der Waals surface area (Å²) in [5, 5.41) is 0. The fourth-order valence-corrected chi connectivity index (χ4v) is 1.64. The third-order valence-corrected chi connectivity index (χ3v) is 2.73. The van der Waals surface area contributed by atoms with Gasteiger partial charge in [0.25, 0.3) is 0 Å². The van der Waals surface area contributed by atoms with Crippen LogP contribution in [0.5, 0.6) is 0 Å². The van der Waals surface area contributed by atoms with Crippen molar-refractivity contribution in [2.24, 2.45) is 11.7 Å². The summed E-state index contributed by atoms with van der Waals surface area (Å²) in [4.78, 5) is 0. The molecule has 1 fully saturated rings. The van der Waals surface area contributed by atoms with E-state index >= 15 is 0 Å². The van der Waals surface area contributed by atoms with Crippen LogP contribution in [0.25, 0.3) is 0 Å². The molecule has 0 amide bonds. The Bertz CT molecular complexity index is 334. The van der Waals surface area contributed by atoms with Gasteiger partial charge in [-0.05, 0) is 30.0 Å². The number of nitrogens with two attached hydrogens (primary N) is 2. The Morgan fingerprint density at radius 1 is 1.43 bits per heavy atom. The number of hydrogen-bond donors (Lipinski definition) is 2. The molecule has 2 rings (SSSR count). The molecule has 1 aliphatic rings. The van der Waals surface area contributed by atoms with E-state index in [0.717, 1.165) is 17.9 Å². The highest BCUT2D eigenvalue weighted by atomic mass is 19.1. The van der Waals surface area contributed by atoms with Gasteiger partial charge in [-0.3, -0.25) is 0 Å². The number of halogens is 1. The maximum Gasteiger partial charge on any atom is 0.146 e. The van der Waals surface area contributed by atoms with E-state index in [4.69, 9.17) is 11.5 Å². The summed E-state index contributed by atoms with van der Waals surface area (Å²) in [6, 6.07) is 4.75. The molecule has 0 radical (unpaired) electrons. The van der Waals surface area contributed by atoms with Crippen molar-refractivity contribution in [3.63, 3.8) is 0 Å². The monoisotopic (exact) mass is 194 g/mol. The lowest BCUT2D eigenvalue weighted by atomic mass is 10.0. The number of anilines is 1. The molecular weight excluding hydrogens is 179 g/mol. The maximum absolute atomic E-state index is 12.9. The normalized spacial score (nSPS) is 18.1. The van der Waals surface area contributed by atoms with E-state index in [1.165, 1.54) is 18.9 Å². The van der Waals surface area contributed by atoms with Gasteiger partial charge in [-0.15, -0.1) is 0 Å². The summed E-state index contributed by atoms with van der Waals surface area (Å²) in [6.07, 6.45) is 3.56. The average Bonchev–Trinajstić information content (AvgIpc) is 2.93. The highest BCUT2D eigenvalue weighted by Crippen LogP contribution is 2.36. The van der Waals surface area contributed by atoms with Crippen LogP contribution in [0, 0.1) is 11.7 Å². The molecule has 3 heteroatoms. The molecule has 1 aromatic carbocycles. The first-order valence-electron chi connectivity index (χ1n) is 4.97. The standard InChI is InChI=1S/C11H15FN2/c12-9-4-3-8(6-11(9)14)10(13)5-7-1-2-7/h3-4,6-7,10H,1-2,5,13-14H2. The minimum absolute atomic E-state index is 0.00500. The van der Waals surface area contributed by atoms with Gasteiger partial charge in [-0.1, -0.05) is 18.9 Å². The molecule has 76 valence electrons. The summed E-state index contributed by atoms with van der Waals surface area (Å²) >= 11 is 0. The van der Waals surface area contributed by atoms with Crippen molar-refractivity contribution >= 4 is 5.69 Å². The molecule has 0 heterocycles. The largest absolute Gasteiger partial charge is 0.396 e. The molecule has 0 aromatic heterocycles. The molecule has 0 saturated heterocycles. The number of hydrogen-bond acceptors (Lipinski definition) is 2. The second-order valence-electron chi connectivity index (χ2n) is 4.07. The van der Waals surface area contributed by atoms with E-state index in [9.17, 15) is 4.39 Å². The van der Waals surface area contributed by atoms with Crippen LogP contribution < -0.4 is 11.5 Å². The molecule has 1 unspecified atom stereocenters. The lowest BCUT2D eigenvalue weighted by molar-refractivity contribution is 0.592. The first-order valence-corrected chi connectivity index (χ1v) is 4.97. The van der Waals surface area contributed by atoms with Gasteiger partial charge in [0.15, 0.2) is 0 Å². The number of nitrogen functional groups attached to an aromatic ring is 1. The van der Waals surface area contributed by atoms with Crippen molar-refractivity contribution in [3.8, 4) is 0 Å². The zero-order valence-corrected chi connectivity index (χ0v) is 8.04. The van der Waals surface area contributed by atoms with Gasteiger partial charge in [-0.25, -0.2) is 4.39 Å². The zero-order chi connectivity index (χ0) is 10.1. The summed E-state index contributed by atoms with van der Waals surface area (Å²) in [6.45, 7) is 0. The summed E-state index contributed by atoms with van der Waals surface area (Å²) in [7, 11) is 0. The Kier molecular flexibility index (Phi) is 2.42. The van der Waals surface area contributed by atoms with Crippen LogP contribution in [0.4, 0.5) is 10.1 Å². The van der Waals surface area contributed by atoms with E-state index in [0.29, 0.717) is 0 Å². The molecule has 1 aliphatic carbocycles. The molecule has 0 aliphatic heterocycles. The Labute approximate surface area is 83.1 Å². The Morgan fingerprint density at radius 2 is 2.14 bits per heavy atom. The van der Waals surface area contributed by atoms with Gasteiger partial charge in [0.05, 0.1) is 5.69 Å². The van der Waals surface area contributed by atoms with E-state index < -0.39 is 0 Å². The SMILES string of the molecule is Nc1cc(C(N)CC2CC2)ccc1F. The van der Waals surface area contributed by atoms with Crippen LogP contribution in [0.15, 0.2) is 18.2 Å². The van der Waals surface area contributed by atoms with Crippen molar-refractivity contribution in [3.05, 3.63) is 29.6 Å². The van der Waals surface area contributed by atoms with E-state index in [1.807, 2.05) is 0 Å². The van der Waals surface area contributed by atoms with Gasteiger partial charge < -0.3 is 11.5 Å². The Balaban J connectivity index is 2.10. The van der Waals surface area contributed by atoms with Gasteiger partial charge in [0.1, 0.15) is 5.82 Å². The lowest BCUT2D eigenvalue weighted by Crippen LogP contribution is -2.11. The highest BCUT2D eigenvalue weighted by Gasteiger charge is 2.24. The van der Waals surface area contributed by atoms with Crippen LogP contribution in [0.3, 0.4) is 0 Å². The molecule has 1 atom stereocenters. The predicted octanol–water partition coefficient (Wildman–Crippen LogP) is 2.21. The predicted molar refractivity (Wildman–Crippen MR) is 55.1 cm³/mol. The van der Waals surface area contributed by atoms with Crippen LogP contribution in [-0.4, -0.2) is 0 Å². The highest BCUT2D eigenvalue weighted by molar-refractivity contribution is 5.43.